The SMILES string of the molecule is CCn1cnnc1CN1CCC(N2C[C@@H](COc3ccc(F)cc3)OCC2=O)CC1. The average molecular weight is 417 g/mol. The molecule has 1 amide bonds. The average Bonchev–Trinajstić information content (AvgIpc) is 3.22. The second-order valence-corrected chi connectivity index (χ2v) is 7.78. The zero-order valence-corrected chi connectivity index (χ0v) is 17.2. The van der Waals surface area contributed by atoms with Crippen LogP contribution >= 0.6 is 0 Å². The van der Waals surface area contributed by atoms with Crippen molar-refractivity contribution in [2.45, 2.75) is 45.0 Å². The van der Waals surface area contributed by atoms with E-state index < -0.39 is 0 Å². The molecule has 4 rings (SSSR count). The topological polar surface area (TPSA) is 72.7 Å². The number of benzene rings is 1. The number of aromatic nitrogens is 3. The van der Waals surface area contributed by atoms with E-state index in [2.05, 4.69) is 26.6 Å². The number of amides is 1. The Labute approximate surface area is 175 Å². The molecule has 3 heterocycles. The first kappa shape index (κ1) is 20.7. The van der Waals surface area contributed by atoms with Crippen molar-refractivity contribution in [3.05, 3.63) is 42.2 Å². The third kappa shape index (κ3) is 4.96. The van der Waals surface area contributed by atoms with E-state index in [1.54, 1.807) is 18.5 Å². The Morgan fingerprint density at radius 3 is 2.73 bits per heavy atom. The fourth-order valence-electron chi connectivity index (χ4n) is 4.07. The maximum absolute atomic E-state index is 13.0. The smallest absolute Gasteiger partial charge is 0.248 e. The van der Waals surface area contributed by atoms with Gasteiger partial charge in [0.15, 0.2) is 0 Å². The molecule has 0 unspecified atom stereocenters. The Bertz CT molecular complexity index is 835. The number of piperidine rings is 1. The molecule has 0 saturated carbocycles. The molecule has 2 saturated heterocycles. The zero-order chi connectivity index (χ0) is 20.9. The van der Waals surface area contributed by atoms with Crippen molar-refractivity contribution in [1.82, 2.24) is 24.6 Å². The first-order valence-corrected chi connectivity index (χ1v) is 10.5. The molecular formula is C21H28FN5O3. The molecule has 30 heavy (non-hydrogen) atoms. The van der Waals surface area contributed by atoms with Gasteiger partial charge in [-0.05, 0) is 44.0 Å². The van der Waals surface area contributed by atoms with Gasteiger partial charge in [0.2, 0.25) is 5.91 Å². The highest BCUT2D eigenvalue weighted by Crippen LogP contribution is 2.22. The number of aryl methyl sites for hydroxylation is 1. The summed E-state index contributed by atoms with van der Waals surface area (Å²) in [6, 6.07) is 6.13. The minimum Gasteiger partial charge on any atom is -0.491 e. The van der Waals surface area contributed by atoms with E-state index in [-0.39, 0.29) is 30.5 Å². The second-order valence-electron chi connectivity index (χ2n) is 7.78. The number of hydrogen-bond donors (Lipinski definition) is 0. The largest absolute Gasteiger partial charge is 0.491 e. The number of morpholine rings is 1. The molecule has 0 bridgehead atoms. The zero-order valence-electron chi connectivity index (χ0n) is 17.2. The van der Waals surface area contributed by atoms with Gasteiger partial charge >= 0.3 is 0 Å². The predicted octanol–water partition coefficient (Wildman–Crippen LogP) is 1.71. The van der Waals surface area contributed by atoms with Crippen LogP contribution in [0.15, 0.2) is 30.6 Å². The second kappa shape index (κ2) is 9.53. The van der Waals surface area contributed by atoms with Gasteiger partial charge in [-0.2, -0.15) is 0 Å². The molecule has 162 valence electrons. The quantitative estimate of drug-likeness (QED) is 0.683. The van der Waals surface area contributed by atoms with Crippen molar-refractivity contribution >= 4 is 5.91 Å². The minimum absolute atomic E-state index is 0.0391. The van der Waals surface area contributed by atoms with Crippen LogP contribution < -0.4 is 4.74 Å². The molecule has 1 aromatic carbocycles. The summed E-state index contributed by atoms with van der Waals surface area (Å²) < 4.78 is 26.4. The molecule has 2 fully saturated rings. The van der Waals surface area contributed by atoms with E-state index in [4.69, 9.17) is 9.47 Å². The normalized spacial score (nSPS) is 21.2. The Kier molecular flexibility index (Phi) is 6.59. The van der Waals surface area contributed by atoms with Crippen LogP contribution in [-0.2, 0) is 22.6 Å². The lowest BCUT2D eigenvalue weighted by Gasteiger charge is -2.42. The number of rotatable bonds is 7. The molecule has 2 aliphatic heterocycles. The molecule has 0 spiro atoms. The molecular weight excluding hydrogens is 389 g/mol. The number of likely N-dealkylation sites (tertiary alicyclic amines) is 1. The molecule has 0 radical (unpaired) electrons. The highest BCUT2D eigenvalue weighted by atomic mass is 19.1. The number of halogens is 1. The van der Waals surface area contributed by atoms with Crippen LogP contribution in [0.1, 0.15) is 25.6 Å². The van der Waals surface area contributed by atoms with Crippen LogP contribution in [0.3, 0.4) is 0 Å². The van der Waals surface area contributed by atoms with Gasteiger partial charge in [-0.3, -0.25) is 9.69 Å². The fourth-order valence-corrected chi connectivity index (χ4v) is 4.07. The monoisotopic (exact) mass is 417 g/mol. The van der Waals surface area contributed by atoms with Crippen molar-refractivity contribution in [2.24, 2.45) is 0 Å². The summed E-state index contributed by atoms with van der Waals surface area (Å²) in [5.74, 6) is 1.32. The number of hydrogen-bond acceptors (Lipinski definition) is 6. The minimum atomic E-state index is -0.297. The van der Waals surface area contributed by atoms with Crippen LogP contribution in [0.5, 0.6) is 5.75 Å². The van der Waals surface area contributed by atoms with Crippen molar-refractivity contribution in [3.8, 4) is 5.75 Å². The van der Waals surface area contributed by atoms with Gasteiger partial charge in [0.1, 0.15) is 43.0 Å². The molecule has 0 N–H and O–H groups in total. The van der Waals surface area contributed by atoms with Gasteiger partial charge < -0.3 is 18.9 Å². The number of ether oxygens (including phenoxy) is 2. The lowest BCUT2D eigenvalue weighted by Crippen LogP contribution is -2.55. The van der Waals surface area contributed by atoms with Gasteiger partial charge in [-0.15, -0.1) is 10.2 Å². The van der Waals surface area contributed by atoms with Crippen molar-refractivity contribution in [1.29, 1.82) is 0 Å². The molecule has 0 aliphatic carbocycles. The highest BCUT2D eigenvalue weighted by molar-refractivity contribution is 5.78. The van der Waals surface area contributed by atoms with Gasteiger partial charge in [0.05, 0.1) is 13.1 Å². The van der Waals surface area contributed by atoms with E-state index in [1.807, 2.05) is 4.90 Å². The van der Waals surface area contributed by atoms with E-state index in [9.17, 15) is 9.18 Å². The number of carbonyl (C=O) groups is 1. The third-order valence-electron chi connectivity index (χ3n) is 5.81. The first-order chi connectivity index (χ1) is 14.6. The van der Waals surface area contributed by atoms with Gasteiger partial charge in [0.25, 0.3) is 0 Å². The number of carbonyl (C=O) groups excluding carboxylic acids is 1. The summed E-state index contributed by atoms with van der Waals surface area (Å²) in [5, 5.41) is 8.22. The lowest BCUT2D eigenvalue weighted by molar-refractivity contribution is -0.155. The van der Waals surface area contributed by atoms with E-state index in [1.165, 1.54) is 12.1 Å². The molecule has 8 nitrogen and oxygen atoms in total. The molecule has 2 aromatic rings. The molecule has 9 heteroatoms. The summed E-state index contributed by atoms with van der Waals surface area (Å²) in [4.78, 5) is 16.8. The Balaban J connectivity index is 1.27. The molecule has 2 aliphatic rings. The van der Waals surface area contributed by atoms with E-state index in [0.717, 1.165) is 44.8 Å². The Hall–Kier alpha value is -2.52. The van der Waals surface area contributed by atoms with Crippen LogP contribution in [0.4, 0.5) is 4.39 Å². The molecule has 1 aromatic heterocycles. The van der Waals surface area contributed by atoms with Crippen molar-refractivity contribution in [3.63, 3.8) is 0 Å². The van der Waals surface area contributed by atoms with Crippen molar-refractivity contribution < 1.29 is 18.7 Å². The Morgan fingerprint density at radius 2 is 2.00 bits per heavy atom. The van der Waals surface area contributed by atoms with Crippen LogP contribution in [-0.4, -0.2) is 75.5 Å². The van der Waals surface area contributed by atoms with Crippen LogP contribution in [0.2, 0.25) is 0 Å². The molecule has 1 atom stereocenters. The highest BCUT2D eigenvalue weighted by Gasteiger charge is 2.34. The standard InChI is InChI=1S/C21H28FN5O3/c1-2-26-15-23-24-20(26)12-25-9-7-17(8-10-25)27-11-19(30-14-21(27)28)13-29-18-5-3-16(22)4-6-18/h3-6,15,17,19H,2,7-14H2,1H3/t19-/m0/s1. The predicted molar refractivity (Wildman–Crippen MR) is 107 cm³/mol. The van der Waals surface area contributed by atoms with Crippen LogP contribution in [0, 0.1) is 5.82 Å². The van der Waals surface area contributed by atoms with Gasteiger partial charge in [0, 0.05) is 25.7 Å². The summed E-state index contributed by atoms with van der Waals surface area (Å²) in [6.07, 6.45) is 3.44. The van der Waals surface area contributed by atoms with Gasteiger partial charge in [-0.25, -0.2) is 4.39 Å². The number of nitrogens with zero attached hydrogens (tertiary/aromatic N) is 5. The maximum atomic E-state index is 13.0. The summed E-state index contributed by atoms with van der Waals surface area (Å²) >= 11 is 0. The first-order valence-electron chi connectivity index (χ1n) is 10.5. The van der Waals surface area contributed by atoms with Gasteiger partial charge in [-0.1, -0.05) is 0 Å². The summed E-state index contributed by atoms with van der Waals surface area (Å²) in [7, 11) is 0. The lowest BCUT2D eigenvalue weighted by atomic mass is 10.0. The fraction of sp³-hybridized carbons (Fsp3) is 0.571. The maximum Gasteiger partial charge on any atom is 0.248 e. The van der Waals surface area contributed by atoms with E-state index >= 15 is 0 Å². The van der Waals surface area contributed by atoms with Crippen LogP contribution in [0.25, 0.3) is 0 Å². The Morgan fingerprint density at radius 1 is 1.23 bits per heavy atom. The van der Waals surface area contributed by atoms with E-state index in [0.29, 0.717) is 18.9 Å². The summed E-state index contributed by atoms with van der Waals surface area (Å²) in [5.41, 5.74) is 0. The van der Waals surface area contributed by atoms with Crippen molar-refractivity contribution in [2.75, 3.05) is 32.8 Å². The summed E-state index contributed by atoms with van der Waals surface area (Å²) in [6.45, 7) is 6.51. The third-order valence-corrected chi connectivity index (χ3v) is 5.81.